The molecule has 0 radical (unpaired) electrons. The average Bonchev–Trinajstić information content (AvgIpc) is 3.01. The molecule has 2 amide bonds. The minimum Gasteiger partial charge on any atom is -0.447 e. The number of aromatic nitrogens is 1. The van der Waals surface area contributed by atoms with Crippen LogP contribution in [0.4, 0.5) is 18.0 Å². The van der Waals surface area contributed by atoms with Gasteiger partial charge in [-0.25, -0.2) is 4.79 Å². The molecule has 0 spiro atoms. The number of halogens is 3. The molecule has 1 aliphatic heterocycles. The number of alkyl halides is 3. The van der Waals surface area contributed by atoms with E-state index in [1.165, 1.54) is 17.0 Å². The molecule has 0 bridgehead atoms. The predicted molar refractivity (Wildman–Crippen MR) is 88.2 cm³/mol. The Balaban J connectivity index is 1.64. The fourth-order valence-corrected chi connectivity index (χ4v) is 2.65. The number of rotatable bonds is 5. The first-order chi connectivity index (χ1) is 12.8. The third kappa shape index (κ3) is 4.55. The number of hydrogen-bond donors (Lipinski definition) is 1. The molecule has 1 saturated heterocycles. The van der Waals surface area contributed by atoms with E-state index in [-0.39, 0.29) is 19.7 Å². The normalized spacial score (nSPS) is 16.9. The van der Waals surface area contributed by atoms with Crippen LogP contribution in [0.15, 0.2) is 48.8 Å². The summed E-state index contributed by atoms with van der Waals surface area (Å²) in [6.45, 7) is 0.131. The van der Waals surface area contributed by atoms with Gasteiger partial charge in [-0.3, -0.25) is 14.7 Å². The quantitative estimate of drug-likeness (QED) is 0.867. The van der Waals surface area contributed by atoms with Gasteiger partial charge in [0.05, 0.1) is 12.1 Å². The minimum atomic E-state index is -4.43. The van der Waals surface area contributed by atoms with Crippen molar-refractivity contribution in [3.05, 3.63) is 65.5 Å². The molecule has 142 valence electrons. The number of nitrogens with one attached hydrogen (secondary N) is 1. The molecule has 1 atom stereocenters. The lowest BCUT2D eigenvalue weighted by Crippen LogP contribution is -2.45. The summed E-state index contributed by atoms with van der Waals surface area (Å²) < 4.78 is 42.9. The largest absolute Gasteiger partial charge is 0.447 e. The van der Waals surface area contributed by atoms with E-state index in [0.29, 0.717) is 5.56 Å². The van der Waals surface area contributed by atoms with Gasteiger partial charge in [0.2, 0.25) is 5.91 Å². The number of benzene rings is 1. The molecule has 3 rings (SSSR count). The van der Waals surface area contributed by atoms with Crippen LogP contribution in [0.3, 0.4) is 0 Å². The standard InChI is InChI=1S/C18H16F3N3O3/c19-18(20,21)14-3-1-13(2-4-14)10-24-15(11-27-17(24)26)16(25)23-9-12-5-7-22-8-6-12/h1-8,15H,9-11H2,(H,23,25)/t15-/m0/s1. The van der Waals surface area contributed by atoms with Crippen LogP contribution in [0.2, 0.25) is 0 Å². The lowest BCUT2D eigenvalue weighted by atomic mass is 10.1. The lowest BCUT2D eigenvalue weighted by Gasteiger charge is -2.21. The van der Waals surface area contributed by atoms with Crippen LogP contribution in [0.1, 0.15) is 16.7 Å². The van der Waals surface area contributed by atoms with E-state index in [1.807, 2.05) is 0 Å². The molecule has 6 nitrogen and oxygen atoms in total. The summed E-state index contributed by atoms with van der Waals surface area (Å²) in [4.78, 5) is 29.4. The maximum Gasteiger partial charge on any atom is 0.416 e. The highest BCUT2D eigenvalue weighted by Crippen LogP contribution is 2.29. The molecule has 0 saturated carbocycles. The topological polar surface area (TPSA) is 71.5 Å². The van der Waals surface area contributed by atoms with Crippen molar-refractivity contribution in [2.45, 2.75) is 25.3 Å². The summed E-state index contributed by atoms with van der Waals surface area (Å²) in [5, 5.41) is 2.72. The number of carbonyl (C=O) groups excluding carboxylic acids is 2. The van der Waals surface area contributed by atoms with E-state index in [0.717, 1.165) is 17.7 Å². The molecule has 1 aromatic heterocycles. The summed E-state index contributed by atoms with van der Waals surface area (Å²) in [6.07, 6.45) is -1.92. The van der Waals surface area contributed by atoms with Gasteiger partial charge in [0.1, 0.15) is 12.6 Å². The Bertz CT molecular complexity index is 810. The van der Waals surface area contributed by atoms with Crippen molar-refractivity contribution >= 4 is 12.0 Å². The van der Waals surface area contributed by atoms with E-state index in [4.69, 9.17) is 4.74 Å². The van der Waals surface area contributed by atoms with Gasteiger partial charge in [-0.15, -0.1) is 0 Å². The Morgan fingerprint density at radius 3 is 2.44 bits per heavy atom. The van der Waals surface area contributed by atoms with Gasteiger partial charge >= 0.3 is 12.3 Å². The fourth-order valence-electron chi connectivity index (χ4n) is 2.65. The Morgan fingerprint density at radius 2 is 1.81 bits per heavy atom. The summed E-state index contributed by atoms with van der Waals surface area (Å²) in [7, 11) is 0. The van der Waals surface area contributed by atoms with Crippen LogP contribution in [-0.2, 0) is 28.8 Å². The minimum absolute atomic E-state index is 0.0235. The smallest absolute Gasteiger partial charge is 0.416 e. The molecule has 0 aliphatic carbocycles. The number of amides is 2. The van der Waals surface area contributed by atoms with Gasteiger partial charge in [0.25, 0.3) is 0 Å². The molecule has 2 heterocycles. The van der Waals surface area contributed by atoms with Crippen LogP contribution in [0.5, 0.6) is 0 Å². The molecule has 1 fully saturated rings. The van der Waals surface area contributed by atoms with Crippen molar-refractivity contribution < 1.29 is 27.5 Å². The number of ether oxygens (including phenoxy) is 1. The second kappa shape index (κ2) is 7.65. The Labute approximate surface area is 152 Å². The number of cyclic esters (lactones) is 1. The molecule has 1 aromatic carbocycles. The first-order valence-electron chi connectivity index (χ1n) is 8.11. The van der Waals surface area contributed by atoms with Crippen LogP contribution in [0, 0.1) is 0 Å². The molecule has 1 N–H and O–H groups in total. The van der Waals surface area contributed by atoms with Gasteiger partial charge < -0.3 is 10.1 Å². The van der Waals surface area contributed by atoms with Gasteiger partial charge in [-0.1, -0.05) is 12.1 Å². The number of carbonyl (C=O) groups is 2. The summed E-state index contributed by atoms with van der Waals surface area (Å²) >= 11 is 0. The molecular formula is C18H16F3N3O3. The van der Waals surface area contributed by atoms with Crippen molar-refractivity contribution in [1.29, 1.82) is 0 Å². The summed E-state index contributed by atoms with van der Waals surface area (Å²) in [6, 6.07) is 7.08. The Hall–Kier alpha value is -3.10. The first kappa shape index (κ1) is 18.7. The maximum atomic E-state index is 12.6. The van der Waals surface area contributed by atoms with E-state index < -0.39 is 29.8 Å². The van der Waals surface area contributed by atoms with Gasteiger partial charge in [0, 0.05) is 18.9 Å². The van der Waals surface area contributed by atoms with Crippen molar-refractivity contribution in [2.24, 2.45) is 0 Å². The highest BCUT2D eigenvalue weighted by molar-refractivity contribution is 5.87. The fraction of sp³-hybridized carbons (Fsp3) is 0.278. The second-order valence-corrected chi connectivity index (χ2v) is 5.99. The highest BCUT2D eigenvalue weighted by atomic mass is 19.4. The van der Waals surface area contributed by atoms with E-state index >= 15 is 0 Å². The molecule has 9 heteroatoms. The zero-order valence-corrected chi connectivity index (χ0v) is 14.1. The molecule has 2 aromatic rings. The third-order valence-electron chi connectivity index (χ3n) is 4.13. The predicted octanol–water partition coefficient (Wildman–Crippen LogP) is 2.74. The van der Waals surface area contributed by atoms with Crippen molar-refractivity contribution in [2.75, 3.05) is 6.61 Å². The van der Waals surface area contributed by atoms with Crippen molar-refractivity contribution in [3.8, 4) is 0 Å². The second-order valence-electron chi connectivity index (χ2n) is 5.99. The van der Waals surface area contributed by atoms with Crippen LogP contribution in [-0.4, -0.2) is 34.5 Å². The van der Waals surface area contributed by atoms with E-state index in [9.17, 15) is 22.8 Å². The summed E-state index contributed by atoms with van der Waals surface area (Å²) in [5.74, 6) is -0.399. The first-order valence-corrected chi connectivity index (χ1v) is 8.11. The number of pyridine rings is 1. The van der Waals surface area contributed by atoms with Crippen LogP contribution >= 0.6 is 0 Å². The maximum absolute atomic E-state index is 12.6. The SMILES string of the molecule is O=C(NCc1ccncc1)[C@@H]1COC(=O)N1Cc1ccc(C(F)(F)F)cc1. The molecule has 0 unspecified atom stereocenters. The van der Waals surface area contributed by atoms with Crippen molar-refractivity contribution in [3.63, 3.8) is 0 Å². The lowest BCUT2D eigenvalue weighted by molar-refractivity contribution is -0.137. The van der Waals surface area contributed by atoms with Crippen molar-refractivity contribution in [1.82, 2.24) is 15.2 Å². The zero-order valence-electron chi connectivity index (χ0n) is 14.1. The monoisotopic (exact) mass is 379 g/mol. The summed E-state index contributed by atoms with van der Waals surface area (Å²) in [5.41, 5.74) is 0.536. The van der Waals surface area contributed by atoms with E-state index in [2.05, 4.69) is 10.3 Å². The molecular weight excluding hydrogens is 363 g/mol. The van der Waals surface area contributed by atoms with Gasteiger partial charge in [0.15, 0.2) is 0 Å². The third-order valence-corrected chi connectivity index (χ3v) is 4.13. The Morgan fingerprint density at radius 1 is 1.15 bits per heavy atom. The van der Waals surface area contributed by atoms with Gasteiger partial charge in [-0.2, -0.15) is 13.2 Å². The van der Waals surface area contributed by atoms with Crippen LogP contribution < -0.4 is 5.32 Å². The number of hydrogen-bond acceptors (Lipinski definition) is 4. The zero-order chi connectivity index (χ0) is 19.4. The van der Waals surface area contributed by atoms with Gasteiger partial charge in [-0.05, 0) is 35.4 Å². The molecule has 1 aliphatic rings. The Kier molecular flexibility index (Phi) is 5.29. The number of nitrogens with zero attached hydrogens (tertiary/aromatic N) is 2. The average molecular weight is 379 g/mol. The van der Waals surface area contributed by atoms with Crippen LogP contribution in [0.25, 0.3) is 0 Å². The highest BCUT2D eigenvalue weighted by Gasteiger charge is 2.38. The van der Waals surface area contributed by atoms with E-state index in [1.54, 1.807) is 24.5 Å². The molecule has 27 heavy (non-hydrogen) atoms.